The molecule has 0 aliphatic rings. The molecule has 5 nitrogen and oxygen atoms in total. The Morgan fingerprint density at radius 3 is 2.80 bits per heavy atom. The van der Waals surface area contributed by atoms with E-state index in [0.717, 1.165) is 22.7 Å². The third kappa shape index (κ3) is 4.14. The van der Waals surface area contributed by atoms with E-state index in [4.69, 9.17) is 11.6 Å². The van der Waals surface area contributed by atoms with Gasteiger partial charge in [-0.15, -0.1) is 0 Å². The number of pyridine rings is 1. The van der Waals surface area contributed by atoms with Gasteiger partial charge in [0.25, 0.3) is 0 Å². The summed E-state index contributed by atoms with van der Waals surface area (Å²) in [5, 5.41) is 4.77. The monoisotopic (exact) mass is 313 g/mol. The van der Waals surface area contributed by atoms with Crippen molar-refractivity contribution in [3.05, 3.63) is 41.0 Å². The molecule has 1 aromatic heterocycles. The molecule has 0 amide bonds. The molecule has 2 aromatic rings. The maximum absolute atomic E-state index is 10.9. The van der Waals surface area contributed by atoms with Crippen LogP contribution >= 0.6 is 11.6 Å². The highest BCUT2D eigenvalue weighted by atomic mass is 35.5. The minimum Gasteiger partial charge on any atom is -0.311 e. The van der Waals surface area contributed by atoms with E-state index >= 15 is 0 Å². The second-order valence-electron chi connectivity index (χ2n) is 4.45. The van der Waals surface area contributed by atoms with Crippen LogP contribution in [0.3, 0.4) is 0 Å². The lowest BCUT2D eigenvalue weighted by molar-refractivity contribution is 0.582. The van der Waals surface area contributed by atoms with Crippen LogP contribution in [0.5, 0.6) is 0 Å². The summed E-state index contributed by atoms with van der Waals surface area (Å²) >= 11 is 6.13. The highest BCUT2D eigenvalue weighted by molar-refractivity contribution is 7.88. The maximum atomic E-state index is 10.9. The van der Waals surface area contributed by atoms with E-state index < -0.39 is 10.0 Å². The van der Waals surface area contributed by atoms with Crippen LogP contribution in [-0.4, -0.2) is 32.7 Å². The molecule has 0 spiro atoms. The van der Waals surface area contributed by atoms with Crippen molar-refractivity contribution >= 4 is 32.5 Å². The highest BCUT2D eigenvalue weighted by Crippen LogP contribution is 2.24. The molecule has 7 heteroatoms. The summed E-state index contributed by atoms with van der Waals surface area (Å²) in [6, 6.07) is 7.55. The maximum Gasteiger partial charge on any atom is 0.208 e. The minimum absolute atomic E-state index is 0.359. The van der Waals surface area contributed by atoms with Crippen LogP contribution < -0.4 is 10.0 Å². The second-order valence-corrected chi connectivity index (χ2v) is 6.69. The van der Waals surface area contributed by atoms with Crippen molar-refractivity contribution in [2.45, 2.75) is 6.54 Å². The molecule has 0 fully saturated rings. The molecule has 0 saturated carbocycles. The fourth-order valence-corrected chi connectivity index (χ4v) is 2.58. The third-order valence-electron chi connectivity index (χ3n) is 2.78. The Bertz CT molecular complexity index is 704. The third-order valence-corrected chi connectivity index (χ3v) is 3.84. The zero-order valence-corrected chi connectivity index (χ0v) is 12.6. The lowest BCUT2D eigenvalue weighted by Crippen LogP contribution is -2.30. The summed E-state index contributed by atoms with van der Waals surface area (Å²) in [6.45, 7) is 1.51. The smallest absolute Gasteiger partial charge is 0.208 e. The van der Waals surface area contributed by atoms with Crippen LogP contribution in [0.1, 0.15) is 5.56 Å². The number of hydrogen-bond donors (Lipinski definition) is 2. The molecular formula is C13H16ClN3O2S. The fourth-order valence-electron chi connectivity index (χ4n) is 1.89. The number of rotatable bonds is 6. The van der Waals surface area contributed by atoms with Crippen molar-refractivity contribution in [3.8, 4) is 0 Å². The molecule has 0 aliphatic heterocycles. The Morgan fingerprint density at radius 2 is 2.05 bits per heavy atom. The van der Waals surface area contributed by atoms with Crippen molar-refractivity contribution in [1.29, 1.82) is 0 Å². The molecule has 1 heterocycles. The first kappa shape index (κ1) is 15.2. The van der Waals surface area contributed by atoms with Gasteiger partial charge in [-0.3, -0.25) is 4.98 Å². The number of halogens is 1. The number of sulfonamides is 1. The van der Waals surface area contributed by atoms with E-state index in [1.165, 1.54) is 0 Å². The van der Waals surface area contributed by atoms with Gasteiger partial charge >= 0.3 is 0 Å². The lowest BCUT2D eigenvalue weighted by Gasteiger charge is -2.09. The molecule has 2 rings (SSSR count). The highest BCUT2D eigenvalue weighted by Gasteiger charge is 2.05. The molecular weight excluding hydrogens is 298 g/mol. The van der Waals surface area contributed by atoms with Crippen molar-refractivity contribution in [3.63, 3.8) is 0 Å². The zero-order chi connectivity index (χ0) is 14.6. The normalized spacial score (nSPS) is 11.9. The molecule has 0 aliphatic carbocycles. The Kier molecular flexibility index (Phi) is 4.93. The van der Waals surface area contributed by atoms with Gasteiger partial charge in [-0.1, -0.05) is 17.7 Å². The molecule has 0 atom stereocenters. The van der Waals surface area contributed by atoms with E-state index in [0.29, 0.717) is 24.7 Å². The van der Waals surface area contributed by atoms with E-state index in [1.54, 1.807) is 6.20 Å². The zero-order valence-electron chi connectivity index (χ0n) is 11.1. The first-order valence-electron chi connectivity index (χ1n) is 6.15. The second kappa shape index (κ2) is 6.49. The van der Waals surface area contributed by atoms with Gasteiger partial charge < -0.3 is 5.32 Å². The van der Waals surface area contributed by atoms with Gasteiger partial charge in [0, 0.05) is 36.2 Å². The number of fused-ring (bicyclic) bond motifs is 1. The first-order valence-corrected chi connectivity index (χ1v) is 8.42. The molecule has 0 unspecified atom stereocenters. The van der Waals surface area contributed by atoms with Crippen LogP contribution in [0.4, 0.5) is 0 Å². The molecule has 20 heavy (non-hydrogen) atoms. The van der Waals surface area contributed by atoms with Crippen LogP contribution in [0.25, 0.3) is 10.9 Å². The van der Waals surface area contributed by atoms with Gasteiger partial charge in [-0.05, 0) is 23.8 Å². The summed E-state index contributed by atoms with van der Waals surface area (Å²) in [6.07, 6.45) is 2.87. The number of hydrogen-bond acceptors (Lipinski definition) is 4. The molecule has 108 valence electrons. The molecule has 1 aromatic carbocycles. The van der Waals surface area contributed by atoms with Crippen molar-refractivity contribution in [1.82, 2.24) is 15.0 Å². The van der Waals surface area contributed by atoms with Gasteiger partial charge in [0.1, 0.15) is 0 Å². The average molecular weight is 314 g/mol. The molecule has 0 saturated heterocycles. The van der Waals surface area contributed by atoms with Crippen LogP contribution in [0.15, 0.2) is 30.5 Å². The van der Waals surface area contributed by atoms with E-state index in [9.17, 15) is 8.42 Å². The summed E-state index contributed by atoms with van der Waals surface area (Å²) in [5.74, 6) is 0. The number of nitrogens with zero attached hydrogens (tertiary/aromatic N) is 1. The summed E-state index contributed by atoms with van der Waals surface area (Å²) in [7, 11) is -3.13. The summed E-state index contributed by atoms with van der Waals surface area (Å²) in [5.41, 5.74) is 1.90. The Balaban J connectivity index is 1.99. The lowest BCUT2D eigenvalue weighted by atomic mass is 10.1. The van der Waals surface area contributed by atoms with Gasteiger partial charge in [0.05, 0.1) is 11.8 Å². The molecule has 2 N–H and O–H groups in total. The van der Waals surface area contributed by atoms with Gasteiger partial charge in [0.15, 0.2) is 0 Å². The Hall–Kier alpha value is -1.21. The van der Waals surface area contributed by atoms with Crippen molar-refractivity contribution in [2.24, 2.45) is 0 Å². The number of benzene rings is 1. The Morgan fingerprint density at radius 1 is 1.25 bits per heavy atom. The van der Waals surface area contributed by atoms with Gasteiger partial charge in [0.2, 0.25) is 10.0 Å². The first-order chi connectivity index (χ1) is 9.47. The van der Waals surface area contributed by atoms with Crippen LogP contribution in [0.2, 0.25) is 5.02 Å². The van der Waals surface area contributed by atoms with Crippen molar-refractivity contribution < 1.29 is 8.42 Å². The fraction of sp³-hybridized carbons (Fsp3) is 0.308. The van der Waals surface area contributed by atoms with E-state index in [-0.39, 0.29) is 0 Å². The number of aromatic nitrogens is 1. The topological polar surface area (TPSA) is 71.1 Å². The van der Waals surface area contributed by atoms with E-state index in [1.807, 2.05) is 24.3 Å². The number of nitrogens with one attached hydrogen (secondary N) is 2. The summed E-state index contributed by atoms with van der Waals surface area (Å²) in [4.78, 5) is 4.34. The quantitative estimate of drug-likeness (QED) is 0.793. The van der Waals surface area contributed by atoms with Gasteiger partial charge in [-0.25, -0.2) is 13.1 Å². The average Bonchev–Trinajstić information content (AvgIpc) is 2.40. The predicted molar refractivity (Wildman–Crippen MR) is 81.3 cm³/mol. The SMILES string of the molecule is CS(=O)(=O)NCCNCc1ccc(Cl)c2cccnc12. The molecule has 0 radical (unpaired) electrons. The predicted octanol–water partition coefficient (Wildman–Crippen LogP) is 1.53. The molecule has 0 bridgehead atoms. The van der Waals surface area contributed by atoms with Crippen molar-refractivity contribution in [2.75, 3.05) is 19.3 Å². The van der Waals surface area contributed by atoms with E-state index in [2.05, 4.69) is 15.0 Å². The van der Waals surface area contributed by atoms with Crippen LogP contribution in [-0.2, 0) is 16.6 Å². The largest absolute Gasteiger partial charge is 0.311 e. The Labute approximate surface area is 123 Å². The van der Waals surface area contributed by atoms with Gasteiger partial charge in [-0.2, -0.15) is 0 Å². The standard InChI is InChI=1S/C13H16ClN3O2S/c1-20(18,19)17-8-7-15-9-10-4-5-12(14)11-3-2-6-16-13(10)11/h2-6,15,17H,7-9H2,1H3. The summed E-state index contributed by atoms with van der Waals surface area (Å²) < 4.78 is 24.3. The van der Waals surface area contributed by atoms with Crippen LogP contribution in [0, 0.1) is 0 Å². The minimum atomic E-state index is -3.13.